The fraction of sp³-hybridized carbons (Fsp3) is 0.538. The van der Waals surface area contributed by atoms with Crippen LogP contribution in [0.25, 0.3) is 0 Å². The van der Waals surface area contributed by atoms with E-state index in [4.69, 9.17) is 18.4 Å². The van der Waals surface area contributed by atoms with E-state index in [0.29, 0.717) is 5.56 Å². The maximum absolute atomic E-state index is 10.0. The van der Waals surface area contributed by atoms with E-state index in [2.05, 4.69) is 10.2 Å². The van der Waals surface area contributed by atoms with E-state index >= 15 is 0 Å². The summed E-state index contributed by atoms with van der Waals surface area (Å²) in [6.07, 6.45) is -1.48. The topological polar surface area (TPSA) is 88.4 Å². The van der Waals surface area contributed by atoms with Crippen molar-refractivity contribution in [1.82, 2.24) is 0 Å². The Kier molecular flexibility index (Phi) is 3.81. The Morgan fingerprint density at radius 3 is 2.70 bits per heavy atom. The van der Waals surface area contributed by atoms with Crippen molar-refractivity contribution in [2.45, 2.75) is 18.3 Å². The van der Waals surface area contributed by atoms with Gasteiger partial charge in [-0.15, -0.1) is 0 Å². The molecule has 1 aliphatic heterocycles. The fourth-order valence-corrected chi connectivity index (χ4v) is 3.79. The van der Waals surface area contributed by atoms with E-state index in [1.807, 2.05) is 0 Å². The SMILES string of the molecule is [2H]OC[P@@]1CO[C@H](O[2H])[C@@H]([2H])[C@H]1c1cc(OC)c(O)c(OC)c1. The third-order valence-corrected chi connectivity index (χ3v) is 5.22. The maximum Gasteiger partial charge on any atom is 0.213 e. The lowest BCUT2D eigenvalue weighted by atomic mass is 10.1. The first-order valence-corrected chi connectivity index (χ1v) is 7.78. The van der Waals surface area contributed by atoms with Crippen LogP contribution in [0.2, 0.25) is 0 Å². The predicted molar refractivity (Wildman–Crippen MR) is 74.5 cm³/mol. The Hall–Kier alpha value is -1.07. The number of hydrogen-bond acceptors (Lipinski definition) is 6. The average molecular weight is 305 g/mol. The number of ether oxygens (including phenoxy) is 3. The predicted octanol–water partition coefficient (Wildman–Crippen LogP) is 1.58. The summed E-state index contributed by atoms with van der Waals surface area (Å²) in [4.78, 5) is 0. The van der Waals surface area contributed by atoms with Crippen LogP contribution in [0, 0.1) is 0 Å². The van der Waals surface area contributed by atoms with Crippen LogP contribution in [0.5, 0.6) is 17.2 Å². The van der Waals surface area contributed by atoms with Crippen molar-refractivity contribution < 1.29 is 30.9 Å². The number of phenolic OH excluding ortho intramolecular Hbond substituents is 1. The smallest absolute Gasteiger partial charge is 0.213 e. The zero-order valence-electron chi connectivity index (χ0n) is 14.2. The van der Waals surface area contributed by atoms with Gasteiger partial charge in [0, 0.05) is 13.4 Å². The van der Waals surface area contributed by atoms with Crippen LogP contribution in [0.4, 0.5) is 0 Å². The lowest BCUT2D eigenvalue weighted by molar-refractivity contribution is -0.0937. The van der Waals surface area contributed by atoms with Gasteiger partial charge in [0.25, 0.3) is 0 Å². The molecule has 1 fully saturated rings. The molecule has 1 aliphatic rings. The summed E-state index contributed by atoms with van der Waals surface area (Å²) in [7, 11) is 1.84. The minimum absolute atomic E-state index is 0.123. The zero-order valence-corrected chi connectivity index (χ0v) is 12.1. The summed E-state index contributed by atoms with van der Waals surface area (Å²) in [6, 6.07) is 3.24. The summed E-state index contributed by atoms with van der Waals surface area (Å²) in [6.45, 7) is 0. The third-order valence-electron chi connectivity index (χ3n) is 3.15. The van der Waals surface area contributed by atoms with Gasteiger partial charge in [-0.05, 0) is 25.6 Å². The van der Waals surface area contributed by atoms with E-state index in [0.717, 1.165) is 0 Å². The molecule has 1 aromatic rings. The van der Waals surface area contributed by atoms with Crippen molar-refractivity contribution in [2.24, 2.45) is 0 Å². The van der Waals surface area contributed by atoms with Gasteiger partial charge in [0.05, 0.1) is 26.9 Å². The second-order valence-corrected chi connectivity index (χ2v) is 6.54. The molecular weight excluding hydrogens is 283 g/mol. The number of aliphatic hydroxyl groups is 2. The molecule has 0 spiro atoms. The number of benzene rings is 1. The second-order valence-electron chi connectivity index (χ2n) is 4.29. The molecule has 0 unspecified atom stereocenters. The Morgan fingerprint density at radius 1 is 1.45 bits per heavy atom. The van der Waals surface area contributed by atoms with Crippen molar-refractivity contribution >= 4 is 7.92 Å². The first-order valence-electron chi connectivity index (χ1n) is 7.39. The highest BCUT2D eigenvalue weighted by atomic mass is 31.1. The first kappa shape index (κ1) is 11.6. The van der Waals surface area contributed by atoms with Crippen LogP contribution in [-0.4, -0.2) is 51.4 Å². The number of aliphatic hydroxyl groups excluding tert-OH is 2. The van der Waals surface area contributed by atoms with Gasteiger partial charge >= 0.3 is 0 Å². The van der Waals surface area contributed by atoms with E-state index in [1.54, 1.807) is 12.1 Å². The first-order chi connectivity index (χ1) is 11.1. The van der Waals surface area contributed by atoms with Gasteiger partial charge in [-0.3, -0.25) is 0 Å². The Bertz CT molecular complexity index is 507. The summed E-state index contributed by atoms with van der Waals surface area (Å²) in [5.74, 6) is 0.327. The monoisotopic (exact) mass is 305 g/mol. The molecule has 6 nitrogen and oxygen atoms in total. The molecule has 0 saturated carbocycles. The van der Waals surface area contributed by atoms with E-state index in [9.17, 15) is 5.11 Å². The summed E-state index contributed by atoms with van der Waals surface area (Å²) in [5.41, 5.74) is 0.313. The minimum atomic E-state index is -1.00. The summed E-state index contributed by atoms with van der Waals surface area (Å²) >= 11 is 0. The molecule has 4 atom stereocenters. The molecule has 0 aliphatic carbocycles. The molecule has 7 heteroatoms. The number of phenols is 1. The van der Waals surface area contributed by atoms with Crippen molar-refractivity contribution in [3.63, 3.8) is 0 Å². The van der Waals surface area contributed by atoms with Crippen molar-refractivity contribution in [3.05, 3.63) is 17.7 Å². The highest BCUT2D eigenvalue weighted by Gasteiger charge is 2.32. The van der Waals surface area contributed by atoms with Gasteiger partial charge in [0.15, 0.2) is 17.8 Å². The van der Waals surface area contributed by atoms with Crippen LogP contribution in [0.3, 0.4) is 0 Å². The number of rotatable bonds is 6. The maximum atomic E-state index is 10.0. The van der Waals surface area contributed by atoms with Crippen molar-refractivity contribution in [2.75, 3.05) is 26.9 Å². The molecule has 1 aromatic carbocycles. The van der Waals surface area contributed by atoms with Gasteiger partial charge in [0.1, 0.15) is 0 Å². The normalized spacial score (nSPS) is 32.0. The molecule has 0 aromatic heterocycles. The molecule has 112 valence electrons. The van der Waals surface area contributed by atoms with Crippen LogP contribution >= 0.6 is 7.92 Å². The molecular formula is C13H19O6P. The Balaban J connectivity index is 2.45. The molecule has 20 heavy (non-hydrogen) atoms. The van der Waals surface area contributed by atoms with E-state index in [-0.39, 0.29) is 35.6 Å². The van der Waals surface area contributed by atoms with Gasteiger partial charge in [-0.25, -0.2) is 0 Å². The largest absolute Gasteiger partial charge is 0.502 e. The number of aromatic hydroxyl groups is 1. The highest BCUT2D eigenvalue weighted by molar-refractivity contribution is 7.57. The Labute approximate surface area is 123 Å². The molecule has 0 amide bonds. The van der Waals surface area contributed by atoms with E-state index in [1.165, 1.54) is 14.2 Å². The standard InChI is InChI=1S/C13H19O6P/c1-17-9-3-8(4-10(18-2)13(9)16)11-5-12(15)19-7-20(11)6-14/h3-4,11-12,14-16H,5-7H2,1-2H3/t11-,12-,20-/m0/s1/i5D,14D,15D/t5-,11-,12-,20-. The van der Waals surface area contributed by atoms with Crippen LogP contribution in [0.1, 0.15) is 19.0 Å². The average Bonchev–Trinajstić information content (AvgIpc) is 2.56. The minimum Gasteiger partial charge on any atom is -0.502 e. The van der Waals surface area contributed by atoms with Gasteiger partial charge in [-0.1, -0.05) is 0 Å². The number of methoxy groups -OCH3 is 2. The lowest BCUT2D eigenvalue weighted by Gasteiger charge is -2.34. The fourth-order valence-electron chi connectivity index (χ4n) is 2.10. The van der Waals surface area contributed by atoms with Gasteiger partial charge in [-0.2, -0.15) is 0 Å². The second kappa shape index (κ2) is 6.59. The number of hydrogen-bond donors (Lipinski definition) is 3. The van der Waals surface area contributed by atoms with Crippen LogP contribution in [0.15, 0.2) is 12.1 Å². The lowest BCUT2D eigenvalue weighted by Crippen LogP contribution is -2.23. The highest BCUT2D eigenvalue weighted by Crippen LogP contribution is 2.57. The van der Waals surface area contributed by atoms with Crippen LogP contribution < -0.4 is 9.47 Å². The molecule has 0 radical (unpaired) electrons. The Morgan fingerprint density at radius 2 is 2.15 bits per heavy atom. The molecule has 3 N–H and O–H groups in total. The summed E-state index contributed by atoms with van der Waals surface area (Å²) < 4.78 is 38.0. The van der Waals surface area contributed by atoms with Crippen molar-refractivity contribution in [1.29, 1.82) is 2.86 Å². The van der Waals surface area contributed by atoms with Gasteiger partial charge in [0.2, 0.25) is 8.61 Å². The molecule has 1 saturated heterocycles. The molecule has 2 rings (SSSR count). The molecule has 0 bridgehead atoms. The van der Waals surface area contributed by atoms with E-state index < -0.39 is 20.6 Å². The zero-order chi connectivity index (χ0) is 17.0. The quantitative estimate of drug-likeness (QED) is 0.692. The summed E-state index contributed by atoms with van der Waals surface area (Å²) in [5, 5.41) is 19.0. The van der Waals surface area contributed by atoms with Crippen molar-refractivity contribution in [3.8, 4) is 17.2 Å². The van der Waals surface area contributed by atoms with Gasteiger partial charge < -0.3 is 29.5 Å². The third kappa shape index (κ3) is 2.99. The van der Waals surface area contributed by atoms with Crippen LogP contribution in [-0.2, 0) is 4.74 Å². The molecule has 1 heterocycles.